The lowest BCUT2D eigenvalue weighted by molar-refractivity contribution is 0.0697. The molecule has 0 aromatic heterocycles. The third-order valence-electron chi connectivity index (χ3n) is 2.98. The van der Waals surface area contributed by atoms with Gasteiger partial charge in [0.25, 0.3) is 0 Å². The van der Waals surface area contributed by atoms with Crippen LogP contribution in [0.2, 0.25) is 0 Å². The average Bonchev–Trinajstić information content (AvgIpc) is 2.83. The van der Waals surface area contributed by atoms with Crippen molar-refractivity contribution in [3.63, 3.8) is 0 Å². The van der Waals surface area contributed by atoms with Crippen LogP contribution in [0, 0.1) is 5.82 Å². The monoisotopic (exact) mass is 316 g/mol. The van der Waals surface area contributed by atoms with Gasteiger partial charge in [0.15, 0.2) is 5.82 Å². The molecule has 1 fully saturated rings. The van der Waals surface area contributed by atoms with E-state index in [2.05, 4.69) is 26.6 Å². The van der Waals surface area contributed by atoms with Gasteiger partial charge in [0.1, 0.15) is 0 Å². The van der Waals surface area contributed by atoms with Crippen molar-refractivity contribution in [2.45, 2.75) is 18.9 Å². The second kappa shape index (κ2) is 5.67. The highest BCUT2D eigenvalue weighted by molar-refractivity contribution is 9.10. The number of carboxylic acid groups (broad SMARTS) is 1. The number of hydrogen-bond acceptors (Lipinski definition) is 3. The van der Waals surface area contributed by atoms with Crippen LogP contribution in [0.1, 0.15) is 23.2 Å². The smallest absolute Gasteiger partial charge is 0.335 e. The molecule has 1 aromatic rings. The predicted octanol–water partition coefficient (Wildman–Crippen LogP) is 2.45. The van der Waals surface area contributed by atoms with Crippen LogP contribution in [0.4, 0.5) is 10.1 Å². The molecule has 1 heterocycles. The van der Waals surface area contributed by atoms with E-state index >= 15 is 0 Å². The molecule has 0 amide bonds. The Morgan fingerprint density at radius 2 is 2.39 bits per heavy atom. The Hall–Kier alpha value is -1.14. The highest BCUT2D eigenvalue weighted by atomic mass is 79.9. The minimum absolute atomic E-state index is 0.0603. The van der Waals surface area contributed by atoms with Crippen molar-refractivity contribution in [3.8, 4) is 0 Å². The van der Waals surface area contributed by atoms with E-state index < -0.39 is 11.8 Å². The second-order valence-corrected chi connectivity index (χ2v) is 5.15. The van der Waals surface area contributed by atoms with Crippen molar-refractivity contribution in [2.24, 2.45) is 0 Å². The van der Waals surface area contributed by atoms with Gasteiger partial charge in [0.2, 0.25) is 0 Å². The molecular weight excluding hydrogens is 303 g/mol. The van der Waals surface area contributed by atoms with Gasteiger partial charge in [-0.05, 0) is 47.4 Å². The van der Waals surface area contributed by atoms with Crippen LogP contribution >= 0.6 is 15.9 Å². The maximum atomic E-state index is 13.8. The number of carbonyl (C=O) groups is 1. The largest absolute Gasteiger partial charge is 0.478 e. The Morgan fingerprint density at radius 3 is 3.00 bits per heavy atom. The molecule has 1 aliphatic heterocycles. The molecule has 4 nitrogen and oxygen atoms in total. The highest BCUT2D eigenvalue weighted by Crippen LogP contribution is 2.25. The van der Waals surface area contributed by atoms with E-state index in [4.69, 9.17) is 5.11 Å². The van der Waals surface area contributed by atoms with E-state index in [0.717, 1.165) is 19.4 Å². The minimum atomic E-state index is -1.07. The van der Waals surface area contributed by atoms with E-state index in [-0.39, 0.29) is 15.7 Å². The number of aromatic carboxylic acids is 1. The summed E-state index contributed by atoms with van der Waals surface area (Å²) in [7, 11) is 0. The maximum Gasteiger partial charge on any atom is 0.335 e. The number of rotatable bonds is 4. The fraction of sp³-hybridized carbons (Fsp3) is 0.417. The van der Waals surface area contributed by atoms with Gasteiger partial charge in [0.05, 0.1) is 15.7 Å². The summed E-state index contributed by atoms with van der Waals surface area (Å²) in [5.41, 5.74) is 0.278. The molecule has 0 saturated carbocycles. The summed E-state index contributed by atoms with van der Waals surface area (Å²) >= 11 is 3.02. The van der Waals surface area contributed by atoms with Crippen LogP contribution in [-0.2, 0) is 0 Å². The highest BCUT2D eigenvalue weighted by Gasteiger charge is 2.16. The molecule has 1 aliphatic rings. The lowest BCUT2D eigenvalue weighted by Crippen LogP contribution is -2.29. The SMILES string of the molecule is O=C(O)c1cc(Br)c(F)c(NCC2CCCN2)c1. The van der Waals surface area contributed by atoms with Crippen LogP contribution in [0.15, 0.2) is 16.6 Å². The Kier molecular flexibility index (Phi) is 4.19. The summed E-state index contributed by atoms with van der Waals surface area (Å²) < 4.78 is 14.0. The standard InChI is InChI=1S/C12H14BrFN2O2/c13-9-4-7(12(17)18)5-10(11(9)14)16-6-8-2-1-3-15-8/h4-5,8,15-16H,1-3,6H2,(H,17,18). The first kappa shape index (κ1) is 13.3. The van der Waals surface area contributed by atoms with Gasteiger partial charge in [0, 0.05) is 12.6 Å². The summed E-state index contributed by atoms with van der Waals surface area (Å²) in [4.78, 5) is 10.9. The van der Waals surface area contributed by atoms with E-state index in [1.807, 2.05) is 0 Å². The van der Waals surface area contributed by atoms with Crippen LogP contribution in [0.5, 0.6) is 0 Å². The number of benzene rings is 1. The number of carboxylic acids is 1. The topological polar surface area (TPSA) is 61.4 Å². The number of nitrogens with one attached hydrogen (secondary N) is 2. The van der Waals surface area contributed by atoms with E-state index in [1.165, 1.54) is 12.1 Å². The zero-order chi connectivity index (χ0) is 13.1. The van der Waals surface area contributed by atoms with E-state index in [9.17, 15) is 9.18 Å². The quantitative estimate of drug-likeness (QED) is 0.798. The number of anilines is 1. The molecule has 1 atom stereocenters. The molecule has 1 unspecified atom stereocenters. The van der Waals surface area contributed by atoms with Crippen LogP contribution in [-0.4, -0.2) is 30.2 Å². The number of hydrogen-bond donors (Lipinski definition) is 3. The van der Waals surface area contributed by atoms with Gasteiger partial charge in [-0.1, -0.05) is 0 Å². The molecule has 6 heteroatoms. The molecule has 0 aliphatic carbocycles. The lowest BCUT2D eigenvalue weighted by atomic mass is 10.1. The maximum absolute atomic E-state index is 13.8. The van der Waals surface area contributed by atoms with Gasteiger partial charge in [-0.15, -0.1) is 0 Å². The van der Waals surface area contributed by atoms with E-state index in [0.29, 0.717) is 12.6 Å². The molecule has 18 heavy (non-hydrogen) atoms. The van der Waals surface area contributed by atoms with Crippen molar-refractivity contribution in [1.29, 1.82) is 0 Å². The second-order valence-electron chi connectivity index (χ2n) is 4.30. The van der Waals surface area contributed by atoms with Gasteiger partial charge < -0.3 is 15.7 Å². The van der Waals surface area contributed by atoms with Crippen LogP contribution in [0.25, 0.3) is 0 Å². The van der Waals surface area contributed by atoms with Crippen molar-refractivity contribution in [3.05, 3.63) is 28.0 Å². The van der Waals surface area contributed by atoms with Gasteiger partial charge in [-0.3, -0.25) is 0 Å². The first-order valence-corrected chi connectivity index (χ1v) is 6.57. The molecule has 1 aromatic carbocycles. The van der Waals surface area contributed by atoms with Gasteiger partial charge in [-0.25, -0.2) is 9.18 Å². The van der Waals surface area contributed by atoms with Crippen LogP contribution in [0.3, 0.4) is 0 Å². The molecule has 1 saturated heterocycles. The first-order valence-electron chi connectivity index (χ1n) is 5.77. The summed E-state index contributed by atoms with van der Waals surface area (Å²) in [6.45, 7) is 1.57. The third-order valence-corrected chi connectivity index (χ3v) is 3.55. The van der Waals surface area contributed by atoms with Crippen LogP contribution < -0.4 is 10.6 Å². The fourth-order valence-electron chi connectivity index (χ4n) is 2.01. The summed E-state index contributed by atoms with van der Waals surface area (Å²) in [6, 6.07) is 2.89. The molecule has 3 N–H and O–H groups in total. The third kappa shape index (κ3) is 3.00. The van der Waals surface area contributed by atoms with Crippen molar-refractivity contribution >= 4 is 27.6 Å². The van der Waals surface area contributed by atoms with Crippen molar-refractivity contribution in [2.75, 3.05) is 18.4 Å². The first-order chi connectivity index (χ1) is 8.58. The fourth-order valence-corrected chi connectivity index (χ4v) is 2.47. The molecule has 0 radical (unpaired) electrons. The zero-order valence-corrected chi connectivity index (χ0v) is 11.3. The average molecular weight is 317 g/mol. The van der Waals surface area contributed by atoms with Crippen molar-refractivity contribution < 1.29 is 14.3 Å². The normalized spacial score (nSPS) is 18.9. The molecular formula is C12H14BrFN2O2. The molecule has 0 bridgehead atoms. The van der Waals surface area contributed by atoms with E-state index in [1.54, 1.807) is 0 Å². The summed E-state index contributed by atoms with van der Waals surface area (Å²) in [5.74, 6) is -1.53. The molecule has 98 valence electrons. The Morgan fingerprint density at radius 1 is 1.61 bits per heavy atom. The predicted molar refractivity (Wildman–Crippen MR) is 70.6 cm³/mol. The summed E-state index contributed by atoms with van der Waals surface area (Å²) in [6.07, 6.45) is 2.17. The lowest BCUT2D eigenvalue weighted by Gasteiger charge is -2.14. The minimum Gasteiger partial charge on any atom is -0.478 e. The molecule has 0 spiro atoms. The molecule has 2 rings (SSSR count). The number of halogens is 2. The van der Waals surface area contributed by atoms with Crippen molar-refractivity contribution in [1.82, 2.24) is 5.32 Å². The Balaban J connectivity index is 2.12. The summed E-state index contributed by atoms with van der Waals surface area (Å²) in [5, 5.41) is 15.2. The van der Waals surface area contributed by atoms with Gasteiger partial charge in [-0.2, -0.15) is 0 Å². The van der Waals surface area contributed by atoms with Gasteiger partial charge >= 0.3 is 5.97 Å². The Labute approximate surface area is 113 Å². The Bertz CT molecular complexity index is 462. The zero-order valence-electron chi connectivity index (χ0n) is 9.67.